The molecule has 0 aliphatic rings. The highest BCUT2D eigenvalue weighted by Crippen LogP contribution is 2.24. The summed E-state index contributed by atoms with van der Waals surface area (Å²) >= 11 is 0. The molecule has 1 nitrogen and oxygen atoms in total. The Bertz CT molecular complexity index is 517. The van der Waals surface area contributed by atoms with Gasteiger partial charge >= 0.3 is 0 Å². The van der Waals surface area contributed by atoms with Crippen LogP contribution in [0.4, 0.5) is 4.39 Å². The van der Waals surface area contributed by atoms with Crippen LogP contribution in [0.25, 0.3) is 11.1 Å². The van der Waals surface area contributed by atoms with E-state index < -0.39 is 0 Å². The van der Waals surface area contributed by atoms with E-state index in [1.807, 2.05) is 37.3 Å². The first kappa shape index (κ1) is 12.8. The molecule has 2 heteroatoms. The summed E-state index contributed by atoms with van der Waals surface area (Å²) in [5, 5.41) is 3.27. The smallest absolute Gasteiger partial charge is 0.131 e. The first-order chi connectivity index (χ1) is 8.70. The fraction of sp³-hybridized carbons (Fsp3) is 0.250. The van der Waals surface area contributed by atoms with Crippen LogP contribution in [-0.2, 0) is 6.54 Å². The van der Waals surface area contributed by atoms with Crippen LogP contribution < -0.4 is 5.32 Å². The van der Waals surface area contributed by atoms with Gasteiger partial charge in [-0.2, -0.15) is 0 Å². The zero-order valence-electron chi connectivity index (χ0n) is 10.8. The van der Waals surface area contributed by atoms with Crippen molar-refractivity contribution in [1.29, 1.82) is 0 Å². The van der Waals surface area contributed by atoms with Gasteiger partial charge in [-0.15, -0.1) is 0 Å². The Hall–Kier alpha value is -1.67. The molecule has 2 rings (SSSR count). The predicted molar refractivity (Wildman–Crippen MR) is 74.0 cm³/mol. The van der Waals surface area contributed by atoms with Crippen molar-refractivity contribution in [2.24, 2.45) is 0 Å². The van der Waals surface area contributed by atoms with Gasteiger partial charge in [-0.05, 0) is 36.7 Å². The van der Waals surface area contributed by atoms with Gasteiger partial charge in [-0.1, -0.05) is 42.8 Å². The molecular formula is C16H18FN. The molecule has 1 N–H and O–H groups in total. The molecule has 0 atom stereocenters. The largest absolute Gasteiger partial charge is 0.313 e. The first-order valence-corrected chi connectivity index (χ1v) is 6.27. The molecule has 0 saturated heterocycles. The molecule has 0 saturated carbocycles. The lowest BCUT2D eigenvalue weighted by Gasteiger charge is -2.07. The third-order valence-corrected chi connectivity index (χ3v) is 2.97. The molecule has 0 spiro atoms. The van der Waals surface area contributed by atoms with Crippen molar-refractivity contribution in [2.75, 3.05) is 6.54 Å². The van der Waals surface area contributed by atoms with Gasteiger partial charge in [0.15, 0.2) is 0 Å². The Morgan fingerprint density at radius 2 is 1.78 bits per heavy atom. The first-order valence-electron chi connectivity index (χ1n) is 6.27. The second-order valence-corrected chi connectivity index (χ2v) is 4.46. The van der Waals surface area contributed by atoms with Crippen molar-refractivity contribution in [2.45, 2.75) is 20.4 Å². The van der Waals surface area contributed by atoms with Crippen LogP contribution >= 0.6 is 0 Å². The summed E-state index contributed by atoms with van der Waals surface area (Å²) in [6.45, 7) is 5.86. The van der Waals surface area contributed by atoms with E-state index in [1.54, 1.807) is 6.07 Å². The standard InChI is InChI=1S/C16H18FN/c1-3-18-11-13-5-7-14(8-6-13)15-10-12(2)4-9-16(15)17/h4-10,18H,3,11H2,1-2H3. The quantitative estimate of drug-likeness (QED) is 0.858. The maximum atomic E-state index is 13.7. The number of hydrogen-bond acceptors (Lipinski definition) is 1. The average Bonchev–Trinajstić information content (AvgIpc) is 2.40. The summed E-state index contributed by atoms with van der Waals surface area (Å²) in [5.41, 5.74) is 3.89. The molecule has 0 radical (unpaired) electrons. The van der Waals surface area contributed by atoms with E-state index in [0.29, 0.717) is 5.56 Å². The molecule has 0 bridgehead atoms. The maximum Gasteiger partial charge on any atom is 0.131 e. The second kappa shape index (κ2) is 5.78. The highest BCUT2D eigenvalue weighted by molar-refractivity contribution is 5.65. The topological polar surface area (TPSA) is 12.0 Å². The fourth-order valence-corrected chi connectivity index (χ4v) is 1.93. The third-order valence-electron chi connectivity index (χ3n) is 2.97. The Morgan fingerprint density at radius 3 is 2.44 bits per heavy atom. The van der Waals surface area contributed by atoms with Crippen LogP contribution in [0.5, 0.6) is 0 Å². The van der Waals surface area contributed by atoms with Gasteiger partial charge in [0.05, 0.1) is 0 Å². The van der Waals surface area contributed by atoms with Gasteiger partial charge in [-0.3, -0.25) is 0 Å². The lowest BCUT2D eigenvalue weighted by atomic mass is 10.0. The van der Waals surface area contributed by atoms with E-state index in [0.717, 1.165) is 24.2 Å². The van der Waals surface area contributed by atoms with Crippen LogP contribution in [-0.4, -0.2) is 6.54 Å². The number of hydrogen-bond donors (Lipinski definition) is 1. The van der Waals surface area contributed by atoms with Crippen molar-refractivity contribution in [3.05, 3.63) is 59.4 Å². The van der Waals surface area contributed by atoms with E-state index in [1.165, 1.54) is 11.6 Å². The van der Waals surface area contributed by atoms with E-state index in [2.05, 4.69) is 12.2 Å². The van der Waals surface area contributed by atoms with Crippen LogP contribution in [0.3, 0.4) is 0 Å². The number of nitrogens with one attached hydrogen (secondary N) is 1. The van der Waals surface area contributed by atoms with Crippen molar-refractivity contribution >= 4 is 0 Å². The normalized spacial score (nSPS) is 10.6. The van der Waals surface area contributed by atoms with E-state index in [9.17, 15) is 4.39 Å². The third kappa shape index (κ3) is 2.96. The Kier molecular flexibility index (Phi) is 4.11. The van der Waals surface area contributed by atoms with Crippen LogP contribution in [0.2, 0.25) is 0 Å². The highest BCUT2D eigenvalue weighted by Gasteiger charge is 2.05. The molecule has 0 aromatic heterocycles. The summed E-state index contributed by atoms with van der Waals surface area (Å²) in [6, 6.07) is 13.2. The summed E-state index contributed by atoms with van der Waals surface area (Å²) in [5.74, 6) is -0.167. The molecule has 0 heterocycles. The molecule has 18 heavy (non-hydrogen) atoms. The molecule has 2 aromatic carbocycles. The number of halogens is 1. The lowest BCUT2D eigenvalue weighted by Crippen LogP contribution is -2.11. The SMILES string of the molecule is CCNCc1ccc(-c2cc(C)ccc2F)cc1. The molecular weight excluding hydrogens is 225 g/mol. The van der Waals surface area contributed by atoms with Crippen molar-refractivity contribution in [3.8, 4) is 11.1 Å². The average molecular weight is 243 g/mol. The van der Waals surface area contributed by atoms with Crippen LogP contribution in [0.15, 0.2) is 42.5 Å². The minimum absolute atomic E-state index is 0.167. The van der Waals surface area contributed by atoms with Crippen LogP contribution in [0, 0.1) is 12.7 Å². The second-order valence-electron chi connectivity index (χ2n) is 4.46. The van der Waals surface area contributed by atoms with Crippen LogP contribution in [0.1, 0.15) is 18.1 Å². The number of aryl methyl sites for hydroxylation is 1. The molecule has 0 amide bonds. The molecule has 0 aliphatic carbocycles. The minimum Gasteiger partial charge on any atom is -0.313 e. The summed E-state index contributed by atoms with van der Waals surface area (Å²) in [4.78, 5) is 0. The molecule has 0 fully saturated rings. The maximum absolute atomic E-state index is 13.7. The van der Waals surface area contributed by atoms with Crippen molar-refractivity contribution in [1.82, 2.24) is 5.32 Å². The van der Waals surface area contributed by atoms with Gasteiger partial charge in [0.2, 0.25) is 0 Å². The zero-order chi connectivity index (χ0) is 13.0. The fourth-order valence-electron chi connectivity index (χ4n) is 1.93. The van der Waals surface area contributed by atoms with Crippen molar-refractivity contribution in [3.63, 3.8) is 0 Å². The zero-order valence-corrected chi connectivity index (χ0v) is 10.8. The predicted octanol–water partition coefficient (Wildman–Crippen LogP) is 3.91. The van der Waals surface area contributed by atoms with Crippen molar-refractivity contribution < 1.29 is 4.39 Å². The number of rotatable bonds is 4. The highest BCUT2D eigenvalue weighted by atomic mass is 19.1. The lowest BCUT2D eigenvalue weighted by molar-refractivity contribution is 0.631. The van der Waals surface area contributed by atoms with Gasteiger partial charge in [-0.25, -0.2) is 4.39 Å². The summed E-state index contributed by atoms with van der Waals surface area (Å²) in [6.07, 6.45) is 0. The van der Waals surface area contributed by atoms with E-state index in [4.69, 9.17) is 0 Å². The molecule has 94 valence electrons. The van der Waals surface area contributed by atoms with Gasteiger partial charge < -0.3 is 5.32 Å². The van der Waals surface area contributed by atoms with Gasteiger partial charge in [0.25, 0.3) is 0 Å². The molecule has 0 aliphatic heterocycles. The summed E-state index contributed by atoms with van der Waals surface area (Å²) in [7, 11) is 0. The molecule has 0 unspecified atom stereocenters. The monoisotopic (exact) mass is 243 g/mol. The van der Waals surface area contributed by atoms with E-state index in [-0.39, 0.29) is 5.82 Å². The van der Waals surface area contributed by atoms with Gasteiger partial charge in [0.1, 0.15) is 5.82 Å². The Labute approximate surface area is 108 Å². The Morgan fingerprint density at radius 1 is 1.06 bits per heavy atom. The van der Waals surface area contributed by atoms with Gasteiger partial charge in [0, 0.05) is 12.1 Å². The number of benzene rings is 2. The Balaban J connectivity index is 2.25. The molecule has 2 aromatic rings. The summed E-state index contributed by atoms with van der Waals surface area (Å²) < 4.78 is 13.7. The van der Waals surface area contributed by atoms with E-state index >= 15 is 0 Å². The minimum atomic E-state index is -0.167.